The molecule has 1 heterocycles. The zero-order chi connectivity index (χ0) is 14.0. The summed E-state index contributed by atoms with van der Waals surface area (Å²) < 4.78 is 10.7. The summed E-state index contributed by atoms with van der Waals surface area (Å²) >= 11 is 3.34. The molecule has 0 amide bonds. The first-order valence-corrected chi connectivity index (χ1v) is 6.43. The molecular formula is C13H12BrNO4. The third kappa shape index (κ3) is 2.49. The number of H-pyrrole nitrogens is 1. The molecule has 0 spiro atoms. The van der Waals surface area contributed by atoms with Crippen LogP contribution < -0.4 is 10.2 Å². The number of halogens is 1. The maximum absolute atomic E-state index is 12.2. The Morgan fingerprint density at radius 1 is 1.42 bits per heavy atom. The maximum atomic E-state index is 12.2. The largest absolute Gasteiger partial charge is 0.496 e. The van der Waals surface area contributed by atoms with Gasteiger partial charge in [0, 0.05) is 6.20 Å². The van der Waals surface area contributed by atoms with Crippen molar-refractivity contribution in [2.45, 2.75) is 6.92 Å². The molecule has 0 unspecified atom stereocenters. The van der Waals surface area contributed by atoms with Gasteiger partial charge < -0.3 is 14.5 Å². The van der Waals surface area contributed by atoms with Gasteiger partial charge in [0.2, 0.25) is 5.43 Å². The van der Waals surface area contributed by atoms with E-state index >= 15 is 0 Å². The molecule has 5 nitrogen and oxygen atoms in total. The zero-order valence-electron chi connectivity index (χ0n) is 10.5. The molecule has 0 aliphatic carbocycles. The third-order valence-electron chi connectivity index (χ3n) is 2.65. The van der Waals surface area contributed by atoms with Gasteiger partial charge in [-0.2, -0.15) is 0 Å². The molecule has 6 heteroatoms. The van der Waals surface area contributed by atoms with Crippen molar-refractivity contribution in [3.05, 3.63) is 38.6 Å². The first kappa shape index (κ1) is 13.6. The lowest BCUT2D eigenvalue weighted by Gasteiger charge is -2.07. The van der Waals surface area contributed by atoms with E-state index in [-0.39, 0.29) is 17.6 Å². The smallest absolute Gasteiger partial charge is 0.343 e. The Kier molecular flexibility index (Phi) is 3.90. The fraction of sp³-hybridized carbons (Fsp3) is 0.231. The lowest BCUT2D eigenvalue weighted by atomic mass is 10.1. The van der Waals surface area contributed by atoms with Gasteiger partial charge >= 0.3 is 5.97 Å². The van der Waals surface area contributed by atoms with Crippen LogP contribution in [0.4, 0.5) is 0 Å². The van der Waals surface area contributed by atoms with E-state index in [4.69, 9.17) is 9.47 Å². The predicted octanol–water partition coefficient (Wildman–Crippen LogP) is 2.48. The van der Waals surface area contributed by atoms with Gasteiger partial charge in [0.15, 0.2) is 0 Å². The Hall–Kier alpha value is -1.82. The van der Waals surface area contributed by atoms with Crippen molar-refractivity contribution >= 4 is 32.8 Å². The van der Waals surface area contributed by atoms with Crippen molar-refractivity contribution in [2.75, 3.05) is 13.7 Å². The Balaban J connectivity index is 2.67. The number of carbonyl (C=O) groups excluding carboxylic acids is 1. The Morgan fingerprint density at radius 2 is 2.16 bits per heavy atom. The van der Waals surface area contributed by atoms with Gasteiger partial charge in [-0.05, 0) is 35.0 Å². The van der Waals surface area contributed by atoms with Crippen molar-refractivity contribution in [1.82, 2.24) is 4.98 Å². The molecule has 1 aromatic carbocycles. The second-order valence-electron chi connectivity index (χ2n) is 3.78. The summed E-state index contributed by atoms with van der Waals surface area (Å²) in [4.78, 5) is 26.8. The fourth-order valence-electron chi connectivity index (χ4n) is 1.74. The Morgan fingerprint density at radius 3 is 2.79 bits per heavy atom. The number of hydrogen-bond acceptors (Lipinski definition) is 4. The van der Waals surface area contributed by atoms with E-state index in [9.17, 15) is 9.59 Å². The second kappa shape index (κ2) is 5.44. The molecule has 0 saturated carbocycles. The number of esters is 1. The third-order valence-corrected chi connectivity index (χ3v) is 3.27. The summed E-state index contributed by atoms with van der Waals surface area (Å²) in [5.74, 6) is -0.105. The minimum absolute atomic E-state index is 0.0151. The average molecular weight is 326 g/mol. The lowest BCUT2D eigenvalue weighted by molar-refractivity contribution is 0.0524. The van der Waals surface area contributed by atoms with Crippen LogP contribution in [0.5, 0.6) is 5.75 Å². The number of pyridine rings is 1. The Bertz CT molecular complexity index is 693. The molecule has 0 aliphatic heterocycles. The van der Waals surface area contributed by atoms with E-state index in [2.05, 4.69) is 20.9 Å². The molecule has 0 aliphatic rings. The van der Waals surface area contributed by atoms with Crippen LogP contribution in [-0.4, -0.2) is 24.7 Å². The molecule has 0 saturated heterocycles. The van der Waals surface area contributed by atoms with E-state index in [1.807, 2.05) is 0 Å². The van der Waals surface area contributed by atoms with E-state index in [0.29, 0.717) is 16.7 Å². The number of ether oxygens (including phenoxy) is 2. The molecule has 1 N–H and O–H groups in total. The van der Waals surface area contributed by atoms with Crippen LogP contribution in [0.25, 0.3) is 10.9 Å². The summed E-state index contributed by atoms with van der Waals surface area (Å²) in [6.45, 7) is 1.91. The molecule has 19 heavy (non-hydrogen) atoms. The molecule has 0 fully saturated rings. The molecule has 0 bridgehead atoms. The van der Waals surface area contributed by atoms with Gasteiger partial charge in [-0.1, -0.05) is 0 Å². The van der Waals surface area contributed by atoms with E-state index in [0.717, 1.165) is 4.47 Å². The van der Waals surface area contributed by atoms with Crippen LogP contribution >= 0.6 is 15.9 Å². The van der Waals surface area contributed by atoms with Gasteiger partial charge in [-0.25, -0.2) is 4.79 Å². The highest BCUT2D eigenvalue weighted by Crippen LogP contribution is 2.28. The van der Waals surface area contributed by atoms with Crippen LogP contribution in [-0.2, 0) is 4.74 Å². The summed E-state index contributed by atoms with van der Waals surface area (Å²) in [5, 5.41) is 0.380. The number of rotatable bonds is 3. The van der Waals surface area contributed by atoms with Crippen LogP contribution in [0.2, 0.25) is 0 Å². The number of hydrogen-bond donors (Lipinski definition) is 1. The number of aromatic nitrogens is 1. The van der Waals surface area contributed by atoms with Crippen molar-refractivity contribution in [3.63, 3.8) is 0 Å². The summed E-state index contributed by atoms with van der Waals surface area (Å²) in [6.07, 6.45) is 1.36. The van der Waals surface area contributed by atoms with E-state index in [1.54, 1.807) is 19.1 Å². The van der Waals surface area contributed by atoms with Crippen LogP contribution in [0, 0.1) is 0 Å². The SMILES string of the molecule is CCOC(=O)c1c[nH]c2cc(Br)c(OC)cc2c1=O. The molecular weight excluding hydrogens is 314 g/mol. The van der Waals surface area contributed by atoms with Crippen molar-refractivity contribution in [3.8, 4) is 5.75 Å². The average Bonchev–Trinajstić information content (AvgIpc) is 2.38. The van der Waals surface area contributed by atoms with Crippen molar-refractivity contribution < 1.29 is 14.3 Å². The normalized spacial score (nSPS) is 10.5. The highest BCUT2D eigenvalue weighted by Gasteiger charge is 2.15. The number of nitrogens with one attached hydrogen (secondary N) is 1. The summed E-state index contributed by atoms with van der Waals surface area (Å²) in [5.41, 5.74) is 0.224. The van der Waals surface area contributed by atoms with Crippen LogP contribution in [0.1, 0.15) is 17.3 Å². The van der Waals surface area contributed by atoms with Crippen molar-refractivity contribution in [1.29, 1.82) is 0 Å². The lowest BCUT2D eigenvalue weighted by Crippen LogP contribution is -2.18. The molecule has 100 valence electrons. The maximum Gasteiger partial charge on any atom is 0.343 e. The minimum Gasteiger partial charge on any atom is -0.496 e. The monoisotopic (exact) mass is 325 g/mol. The first-order chi connectivity index (χ1) is 9.08. The van der Waals surface area contributed by atoms with Crippen LogP contribution in [0.15, 0.2) is 27.6 Å². The molecule has 1 aromatic heterocycles. The standard InChI is InChI=1S/C13H12BrNO4/c1-3-19-13(17)8-6-15-10-5-9(14)11(18-2)4-7(10)12(8)16/h4-6H,3H2,1-2H3,(H,15,16). The number of aromatic amines is 1. The van der Waals surface area contributed by atoms with Crippen molar-refractivity contribution in [2.24, 2.45) is 0 Å². The van der Waals surface area contributed by atoms with Gasteiger partial charge in [0.05, 0.1) is 29.1 Å². The quantitative estimate of drug-likeness (QED) is 0.880. The second-order valence-corrected chi connectivity index (χ2v) is 4.64. The minimum atomic E-state index is -0.632. The fourth-order valence-corrected chi connectivity index (χ4v) is 2.24. The topological polar surface area (TPSA) is 68.4 Å². The van der Waals surface area contributed by atoms with Gasteiger partial charge in [0.25, 0.3) is 0 Å². The zero-order valence-corrected chi connectivity index (χ0v) is 12.0. The number of fused-ring (bicyclic) bond motifs is 1. The molecule has 0 radical (unpaired) electrons. The number of methoxy groups -OCH3 is 1. The number of carbonyl (C=O) groups is 1. The molecule has 2 aromatic rings. The van der Waals surface area contributed by atoms with Crippen LogP contribution in [0.3, 0.4) is 0 Å². The first-order valence-electron chi connectivity index (χ1n) is 5.64. The number of benzene rings is 1. The molecule has 2 rings (SSSR count). The summed E-state index contributed by atoms with van der Waals surface area (Å²) in [6, 6.07) is 3.31. The summed E-state index contributed by atoms with van der Waals surface area (Å²) in [7, 11) is 1.51. The van der Waals surface area contributed by atoms with E-state index in [1.165, 1.54) is 13.3 Å². The highest BCUT2D eigenvalue weighted by atomic mass is 79.9. The van der Waals surface area contributed by atoms with E-state index < -0.39 is 5.97 Å². The predicted molar refractivity (Wildman–Crippen MR) is 74.8 cm³/mol. The Labute approximate surface area is 117 Å². The van der Waals surface area contributed by atoms with Gasteiger partial charge in [-0.3, -0.25) is 4.79 Å². The highest BCUT2D eigenvalue weighted by molar-refractivity contribution is 9.10. The van der Waals surface area contributed by atoms with Gasteiger partial charge in [-0.15, -0.1) is 0 Å². The van der Waals surface area contributed by atoms with Gasteiger partial charge in [0.1, 0.15) is 11.3 Å². The molecule has 0 atom stereocenters.